The average molecular weight is 321 g/mol. The number of benzene rings is 1. The van der Waals surface area contributed by atoms with Gasteiger partial charge >= 0.3 is 0 Å². The number of nitrogens with zero attached hydrogens (tertiary/aromatic N) is 2. The van der Waals surface area contributed by atoms with Crippen LogP contribution in [0.25, 0.3) is 6.08 Å². The molecule has 3 aromatic rings. The third kappa shape index (κ3) is 4.01. The molecule has 1 amide bonds. The van der Waals surface area contributed by atoms with Gasteiger partial charge in [-0.2, -0.15) is 5.10 Å². The molecule has 5 heteroatoms. The second-order valence-corrected chi connectivity index (χ2v) is 5.38. The lowest BCUT2D eigenvalue weighted by molar-refractivity contribution is -0.111. The number of aromatic nitrogens is 2. The van der Waals surface area contributed by atoms with Crippen LogP contribution in [0, 0.1) is 0 Å². The van der Waals surface area contributed by atoms with E-state index in [0.717, 1.165) is 12.0 Å². The lowest BCUT2D eigenvalue weighted by Crippen LogP contribution is -2.13. The third-order valence-electron chi connectivity index (χ3n) is 3.67. The first-order valence-electron chi connectivity index (χ1n) is 7.87. The van der Waals surface area contributed by atoms with Crippen LogP contribution in [0.5, 0.6) is 0 Å². The Labute approximate surface area is 140 Å². The molecule has 5 nitrogen and oxygen atoms in total. The van der Waals surface area contributed by atoms with Crippen molar-refractivity contribution in [3.63, 3.8) is 0 Å². The molecule has 0 unspecified atom stereocenters. The molecule has 0 aliphatic heterocycles. The molecule has 2 aromatic heterocycles. The van der Waals surface area contributed by atoms with Crippen LogP contribution in [-0.4, -0.2) is 15.7 Å². The molecule has 0 saturated carbocycles. The number of carbonyl (C=O) groups excluding carboxylic acids is 1. The fraction of sp³-hybridized carbons (Fsp3) is 0.158. The van der Waals surface area contributed by atoms with E-state index in [4.69, 9.17) is 4.42 Å². The first kappa shape index (κ1) is 15.8. The third-order valence-corrected chi connectivity index (χ3v) is 3.67. The van der Waals surface area contributed by atoms with Crippen molar-refractivity contribution >= 4 is 17.8 Å². The van der Waals surface area contributed by atoms with E-state index in [2.05, 4.69) is 41.6 Å². The van der Waals surface area contributed by atoms with Crippen molar-refractivity contribution in [1.82, 2.24) is 9.78 Å². The van der Waals surface area contributed by atoms with E-state index in [1.165, 1.54) is 11.6 Å². The summed E-state index contributed by atoms with van der Waals surface area (Å²) < 4.78 is 6.92. The molecule has 0 fully saturated rings. The normalized spacial score (nSPS) is 11.0. The molecule has 0 atom stereocenters. The number of aryl methyl sites for hydroxylation is 1. The lowest BCUT2D eigenvalue weighted by Gasteiger charge is -2.08. The van der Waals surface area contributed by atoms with Gasteiger partial charge in [-0.15, -0.1) is 0 Å². The highest BCUT2D eigenvalue weighted by atomic mass is 16.3. The molecular formula is C19H19N3O2. The summed E-state index contributed by atoms with van der Waals surface area (Å²) in [5.74, 6) is 1.06. The highest BCUT2D eigenvalue weighted by molar-refractivity contribution is 6.01. The van der Waals surface area contributed by atoms with Gasteiger partial charge in [-0.3, -0.25) is 4.79 Å². The van der Waals surface area contributed by atoms with Crippen LogP contribution >= 0.6 is 0 Å². The van der Waals surface area contributed by atoms with Crippen molar-refractivity contribution in [2.24, 2.45) is 0 Å². The zero-order valence-corrected chi connectivity index (χ0v) is 13.5. The fourth-order valence-corrected chi connectivity index (χ4v) is 2.33. The van der Waals surface area contributed by atoms with Crippen LogP contribution in [0.3, 0.4) is 0 Å². The van der Waals surface area contributed by atoms with E-state index >= 15 is 0 Å². The molecule has 2 heterocycles. The van der Waals surface area contributed by atoms with E-state index in [9.17, 15) is 4.79 Å². The molecule has 0 saturated heterocycles. The van der Waals surface area contributed by atoms with E-state index in [1.807, 2.05) is 0 Å². The summed E-state index contributed by atoms with van der Waals surface area (Å²) in [5.41, 5.74) is 2.44. The Morgan fingerprint density at radius 2 is 2.00 bits per heavy atom. The van der Waals surface area contributed by atoms with Gasteiger partial charge in [0.25, 0.3) is 0 Å². The molecule has 0 aliphatic rings. The summed E-state index contributed by atoms with van der Waals surface area (Å²) in [6.07, 6.45) is 7.32. The molecule has 0 radical (unpaired) electrons. The monoisotopic (exact) mass is 321 g/mol. The topological polar surface area (TPSA) is 60.1 Å². The molecule has 0 aliphatic carbocycles. The molecular weight excluding hydrogens is 302 g/mol. The Morgan fingerprint density at radius 3 is 2.71 bits per heavy atom. The molecule has 122 valence electrons. The minimum Gasteiger partial charge on any atom is -0.465 e. The highest BCUT2D eigenvalue weighted by Gasteiger charge is 2.06. The number of rotatable bonds is 6. The minimum absolute atomic E-state index is 0.227. The highest BCUT2D eigenvalue weighted by Crippen LogP contribution is 2.12. The maximum Gasteiger partial charge on any atom is 0.249 e. The van der Waals surface area contributed by atoms with E-state index in [0.29, 0.717) is 18.1 Å². The van der Waals surface area contributed by atoms with Crippen molar-refractivity contribution < 1.29 is 9.21 Å². The van der Waals surface area contributed by atoms with Crippen molar-refractivity contribution in [2.45, 2.75) is 19.9 Å². The molecule has 1 aromatic carbocycles. The largest absolute Gasteiger partial charge is 0.465 e. The number of nitrogens with one attached hydrogen (secondary N) is 1. The zero-order valence-electron chi connectivity index (χ0n) is 13.5. The van der Waals surface area contributed by atoms with Crippen LogP contribution in [0.15, 0.2) is 65.4 Å². The Morgan fingerprint density at radius 1 is 1.21 bits per heavy atom. The molecule has 24 heavy (non-hydrogen) atoms. The number of carbonyl (C=O) groups is 1. The maximum atomic E-state index is 12.0. The Hall–Kier alpha value is -3.08. The molecule has 0 bridgehead atoms. The molecule has 0 spiro atoms. The summed E-state index contributed by atoms with van der Waals surface area (Å²) in [5, 5.41) is 7.11. The quantitative estimate of drug-likeness (QED) is 0.704. The molecule has 3 rings (SSSR count). The smallest absolute Gasteiger partial charge is 0.249 e. The second-order valence-electron chi connectivity index (χ2n) is 5.38. The van der Waals surface area contributed by atoms with E-state index in [1.54, 1.807) is 41.4 Å². The van der Waals surface area contributed by atoms with Crippen molar-refractivity contribution in [2.75, 3.05) is 5.32 Å². The van der Waals surface area contributed by atoms with E-state index in [-0.39, 0.29) is 5.91 Å². The maximum absolute atomic E-state index is 12.0. The number of hydrogen-bond acceptors (Lipinski definition) is 3. The Kier molecular flexibility index (Phi) is 4.91. The first-order chi connectivity index (χ1) is 11.7. The first-order valence-corrected chi connectivity index (χ1v) is 7.87. The SMILES string of the molecule is CCc1ccc(Cn2nccc2NC(=O)C=Cc2ccco2)cc1. The summed E-state index contributed by atoms with van der Waals surface area (Å²) in [7, 11) is 0. The van der Waals surface area contributed by atoms with Gasteiger partial charge in [0.1, 0.15) is 11.6 Å². The van der Waals surface area contributed by atoms with Crippen LogP contribution in [0.4, 0.5) is 5.82 Å². The predicted molar refractivity (Wildman–Crippen MR) is 93.5 cm³/mol. The zero-order chi connectivity index (χ0) is 16.8. The number of hydrogen-bond donors (Lipinski definition) is 1. The number of amides is 1. The lowest BCUT2D eigenvalue weighted by atomic mass is 10.1. The van der Waals surface area contributed by atoms with Crippen LogP contribution in [0.2, 0.25) is 0 Å². The summed E-state index contributed by atoms with van der Waals surface area (Å²) in [6, 6.07) is 13.7. The Balaban J connectivity index is 1.65. The van der Waals surface area contributed by atoms with Crippen molar-refractivity contribution in [3.8, 4) is 0 Å². The van der Waals surface area contributed by atoms with Crippen molar-refractivity contribution in [3.05, 3.63) is 77.9 Å². The number of furan rings is 1. The van der Waals surface area contributed by atoms with Gasteiger partial charge in [-0.1, -0.05) is 31.2 Å². The fourth-order valence-electron chi connectivity index (χ4n) is 2.33. The van der Waals surface area contributed by atoms with Crippen LogP contribution in [-0.2, 0) is 17.8 Å². The summed E-state index contributed by atoms with van der Waals surface area (Å²) >= 11 is 0. The van der Waals surface area contributed by atoms with Gasteiger partial charge in [-0.25, -0.2) is 4.68 Å². The summed E-state index contributed by atoms with van der Waals surface area (Å²) in [6.45, 7) is 2.74. The second kappa shape index (κ2) is 7.46. The van der Waals surface area contributed by atoms with Gasteiger partial charge in [0.05, 0.1) is 19.0 Å². The van der Waals surface area contributed by atoms with Crippen molar-refractivity contribution in [1.29, 1.82) is 0 Å². The average Bonchev–Trinajstić information content (AvgIpc) is 3.26. The van der Waals surface area contributed by atoms with Gasteiger partial charge in [-0.05, 0) is 35.8 Å². The van der Waals surface area contributed by atoms with Gasteiger partial charge < -0.3 is 9.73 Å². The minimum atomic E-state index is -0.227. The predicted octanol–water partition coefficient (Wildman–Crippen LogP) is 3.74. The van der Waals surface area contributed by atoms with E-state index < -0.39 is 0 Å². The number of anilines is 1. The Bertz CT molecular complexity index is 815. The van der Waals surface area contributed by atoms with Crippen LogP contribution < -0.4 is 5.32 Å². The van der Waals surface area contributed by atoms with Gasteiger partial charge in [0, 0.05) is 12.1 Å². The summed E-state index contributed by atoms with van der Waals surface area (Å²) in [4.78, 5) is 12.0. The standard InChI is InChI=1S/C19H19N3O2/c1-2-15-5-7-16(8-6-15)14-22-18(11-12-20-22)21-19(23)10-9-17-4-3-13-24-17/h3-13H,2,14H2,1H3,(H,21,23). The van der Waals surface area contributed by atoms with Crippen LogP contribution in [0.1, 0.15) is 23.8 Å². The van der Waals surface area contributed by atoms with Gasteiger partial charge in [0.2, 0.25) is 5.91 Å². The van der Waals surface area contributed by atoms with Gasteiger partial charge in [0.15, 0.2) is 0 Å². The molecule has 1 N–H and O–H groups in total.